The van der Waals surface area contributed by atoms with Crippen LogP contribution in [0.4, 0.5) is 4.39 Å². The number of carbonyl (C=O) groups is 1. The molecule has 0 saturated carbocycles. The monoisotopic (exact) mass is 288 g/mol. The summed E-state index contributed by atoms with van der Waals surface area (Å²) in [6, 6.07) is 4.38. The van der Waals surface area contributed by atoms with Gasteiger partial charge in [0, 0.05) is 17.6 Å². The first-order chi connectivity index (χ1) is 7.65. The van der Waals surface area contributed by atoms with Gasteiger partial charge in [-0.3, -0.25) is 4.79 Å². The molecule has 0 bridgehead atoms. The fraction of sp³-hybridized carbons (Fsp3) is 0.364. The molecule has 5 heteroatoms. The minimum Gasteiger partial charge on any atom is -0.351 e. The Bertz CT molecular complexity index is 371. The maximum atomic E-state index is 13.4. The molecule has 2 N–H and O–H groups in total. The fourth-order valence-electron chi connectivity index (χ4n) is 1.21. The summed E-state index contributed by atoms with van der Waals surface area (Å²) in [7, 11) is 0. The second kappa shape index (κ2) is 6.60. The number of nitrogens with one attached hydrogen (secondary N) is 2. The Morgan fingerprint density at radius 1 is 1.44 bits per heavy atom. The lowest BCUT2D eigenvalue weighted by molar-refractivity contribution is 0.0950. The summed E-state index contributed by atoms with van der Waals surface area (Å²) in [6.07, 6.45) is 0. The molecule has 16 heavy (non-hydrogen) atoms. The molecule has 0 unspecified atom stereocenters. The van der Waals surface area contributed by atoms with E-state index in [9.17, 15) is 9.18 Å². The number of amides is 1. The van der Waals surface area contributed by atoms with E-state index >= 15 is 0 Å². The van der Waals surface area contributed by atoms with Crippen molar-refractivity contribution in [2.45, 2.75) is 6.92 Å². The van der Waals surface area contributed by atoms with Crippen LogP contribution < -0.4 is 10.6 Å². The largest absolute Gasteiger partial charge is 0.351 e. The van der Waals surface area contributed by atoms with Gasteiger partial charge in [0.05, 0.1) is 5.56 Å². The molecule has 1 aromatic rings. The first-order valence-electron chi connectivity index (χ1n) is 5.09. The van der Waals surface area contributed by atoms with Crippen molar-refractivity contribution < 1.29 is 9.18 Å². The van der Waals surface area contributed by atoms with Gasteiger partial charge >= 0.3 is 0 Å². The molecular formula is C11H14BrFN2O. The molecule has 88 valence electrons. The average molecular weight is 289 g/mol. The summed E-state index contributed by atoms with van der Waals surface area (Å²) in [5, 5.41) is 5.70. The molecule has 0 spiro atoms. The number of likely N-dealkylation sites (N-methyl/N-ethyl adjacent to an activating group) is 1. The highest BCUT2D eigenvalue weighted by Crippen LogP contribution is 2.14. The SMILES string of the molecule is CCNCCNC(=O)c1ccc(Br)cc1F. The zero-order valence-electron chi connectivity index (χ0n) is 9.02. The van der Waals surface area contributed by atoms with Crippen LogP contribution in [0.3, 0.4) is 0 Å². The van der Waals surface area contributed by atoms with Crippen LogP contribution in [0.25, 0.3) is 0 Å². The third-order valence-corrected chi connectivity index (χ3v) is 2.51. The number of hydrogen-bond acceptors (Lipinski definition) is 2. The molecule has 0 atom stereocenters. The van der Waals surface area contributed by atoms with E-state index in [1.165, 1.54) is 12.1 Å². The van der Waals surface area contributed by atoms with Gasteiger partial charge < -0.3 is 10.6 Å². The fourth-order valence-corrected chi connectivity index (χ4v) is 1.54. The highest BCUT2D eigenvalue weighted by atomic mass is 79.9. The molecule has 3 nitrogen and oxygen atoms in total. The lowest BCUT2D eigenvalue weighted by Gasteiger charge is -2.06. The molecule has 0 heterocycles. The second-order valence-electron chi connectivity index (χ2n) is 3.23. The van der Waals surface area contributed by atoms with Crippen molar-refractivity contribution in [3.63, 3.8) is 0 Å². The zero-order chi connectivity index (χ0) is 12.0. The highest BCUT2D eigenvalue weighted by Gasteiger charge is 2.10. The third kappa shape index (κ3) is 3.90. The molecule has 1 amide bonds. The van der Waals surface area contributed by atoms with Crippen LogP contribution in [0.5, 0.6) is 0 Å². The lowest BCUT2D eigenvalue weighted by Crippen LogP contribution is -2.32. The molecule has 1 rings (SSSR count). The lowest BCUT2D eigenvalue weighted by atomic mass is 10.2. The number of rotatable bonds is 5. The molecule has 0 saturated heterocycles. The molecule has 0 aliphatic rings. The number of carbonyl (C=O) groups excluding carboxylic acids is 1. The highest BCUT2D eigenvalue weighted by molar-refractivity contribution is 9.10. The van der Waals surface area contributed by atoms with Gasteiger partial charge in [0.1, 0.15) is 5.82 Å². The Balaban J connectivity index is 2.53. The first kappa shape index (κ1) is 13.1. The summed E-state index contributed by atoms with van der Waals surface area (Å²) in [4.78, 5) is 11.5. The van der Waals surface area contributed by atoms with E-state index in [2.05, 4.69) is 26.6 Å². The molecule has 0 fully saturated rings. The van der Waals surface area contributed by atoms with Crippen LogP contribution in [0, 0.1) is 5.82 Å². The normalized spacial score (nSPS) is 10.2. The molecule has 0 aromatic heterocycles. The molecule has 0 radical (unpaired) electrons. The molecule has 1 aromatic carbocycles. The van der Waals surface area contributed by atoms with Crippen LogP contribution in [0.2, 0.25) is 0 Å². The van der Waals surface area contributed by atoms with E-state index in [0.717, 1.165) is 6.54 Å². The van der Waals surface area contributed by atoms with Gasteiger partial charge in [0.15, 0.2) is 0 Å². The number of hydrogen-bond donors (Lipinski definition) is 2. The smallest absolute Gasteiger partial charge is 0.254 e. The van der Waals surface area contributed by atoms with E-state index in [0.29, 0.717) is 17.6 Å². The quantitative estimate of drug-likeness (QED) is 0.813. The van der Waals surface area contributed by atoms with Gasteiger partial charge in [-0.2, -0.15) is 0 Å². The van der Waals surface area contributed by atoms with Crippen molar-refractivity contribution in [1.82, 2.24) is 10.6 Å². The predicted octanol–water partition coefficient (Wildman–Crippen LogP) is 1.93. The topological polar surface area (TPSA) is 41.1 Å². The number of halogens is 2. The Kier molecular flexibility index (Phi) is 5.42. The average Bonchev–Trinajstić information content (AvgIpc) is 2.24. The van der Waals surface area contributed by atoms with E-state index < -0.39 is 5.82 Å². The van der Waals surface area contributed by atoms with E-state index in [1.54, 1.807) is 6.07 Å². The van der Waals surface area contributed by atoms with Gasteiger partial charge in [-0.25, -0.2) is 4.39 Å². The van der Waals surface area contributed by atoms with Crippen molar-refractivity contribution in [3.8, 4) is 0 Å². The minimum atomic E-state index is -0.518. The first-order valence-corrected chi connectivity index (χ1v) is 5.88. The summed E-state index contributed by atoms with van der Waals surface area (Å²) in [5.74, 6) is -0.904. The second-order valence-corrected chi connectivity index (χ2v) is 4.15. The number of benzene rings is 1. The van der Waals surface area contributed by atoms with Gasteiger partial charge in [-0.05, 0) is 24.7 Å². The minimum absolute atomic E-state index is 0.0692. The zero-order valence-corrected chi connectivity index (χ0v) is 10.6. The predicted molar refractivity (Wildman–Crippen MR) is 65.0 cm³/mol. The van der Waals surface area contributed by atoms with Crippen molar-refractivity contribution in [3.05, 3.63) is 34.1 Å². The van der Waals surface area contributed by atoms with Gasteiger partial charge in [-0.15, -0.1) is 0 Å². The third-order valence-electron chi connectivity index (χ3n) is 2.01. The summed E-state index contributed by atoms with van der Waals surface area (Å²) in [6.45, 7) is 4.00. The summed E-state index contributed by atoms with van der Waals surface area (Å²) in [5.41, 5.74) is 0.0692. The summed E-state index contributed by atoms with van der Waals surface area (Å²) >= 11 is 3.14. The van der Waals surface area contributed by atoms with E-state index in [1.807, 2.05) is 6.92 Å². The van der Waals surface area contributed by atoms with Gasteiger partial charge in [-0.1, -0.05) is 22.9 Å². The Hall–Kier alpha value is -0.940. The molecule has 0 aliphatic heterocycles. The van der Waals surface area contributed by atoms with Crippen LogP contribution in [0.1, 0.15) is 17.3 Å². The molecular weight excluding hydrogens is 275 g/mol. The van der Waals surface area contributed by atoms with E-state index in [4.69, 9.17) is 0 Å². The van der Waals surface area contributed by atoms with Crippen molar-refractivity contribution in [1.29, 1.82) is 0 Å². The van der Waals surface area contributed by atoms with Crippen LogP contribution in [-0.4, -0.2) is 25.5 Å². The Morgan fingerprint density at radius 2 is 2.19 bits per heavy atom. The van der Waals surface area contributed by atoms with Crippen molar-refractivity contribution in [2.24, 2.45) is 0 Å². The van der Waals surface area contributed by atoms with Crippen molar-refractivity contribution >= 4 is 21.8 Å². The van der Waals surface area contributed by atoms with Crippen molar-refractivity contribution in [2.75, 3.05) is 19.6 Å². The van der Waals surface area contributed by atoms with Crippen LogP contribution >= 0.6 is 15.9 Å². The van der Waals surface area contributed by atoms with Crippen LogP contribution in [-0.2, 0) is 0 Å². The maximum absolute atomic E-state index is 13.4. The Morgan fingerprint density at radius 3 is 2.81 bits per heavy atom. The van der Waals surface area contributed by atoms with Gasteiger partial charge in [0.2, 0.25) is 0 Å². The van der Waals surface area contributed by atoms with E-state index in [-0.39, 0.29) is 11.5 Å². The molecule has 0 aliphatic carbocycles. The Labute approximate surface area is 103 Å². The standard InChI is InChI=1S/C11H14BrFN2O/c1-2-14-5-6-15-11(16)9-4-3-8(12)7-10(9)13/h3-4,7,14H,2,5-6H2,1H3,(H,15,16). The maximum Gasteiger partial charge on any atom is 0.254 e. The van der Waals surface area contributed by atoms with Crippen LogP contribution in [0.15, 0.2) is 22.7 Å². The summed E-state index contributed by atoms with van der Waals surface area (Å²) < 4.78 is 14.0. The van der Waals surface area contributed by atoms with Gasteiger partial charge in [0.25, 0.3) is 5.91 Å².